The number of carbonyl (C=O) groups excluding carboxylic acids is 1. The predicted octanol–water partition coefficient (Wildman–Crippen LogP) is 1.18. The van der Waals surface area contributed by atoms with Gasteiger partial charge in [-0.05, 0) is 12.3 Å². The van der Waals surface area contributed by atoms with E-state index in [4.69, 9.17) is 5.73 Å². The normalized spacial score (nSPS) is 21.4. The standard InChI is InChI=1S/C11H18N2O/c1-8(2)4-3-5-9-6-10(11(12)14)13-7-9/h3-4,6,8-9,13H,5,7H2,1-2H3,(H2,12,14). The van der Waals surface area contributed by atoms with Crippen molar-refractivity contribution in [3.8, 4) is 0 Å². The fraction of sp³-hybridized carbons (Fsp3) is 0.545. The van der Waals surface area contributed by atoms with Crippen LogP contribution in [0.1, 0.15) is 20.3 Å². The van der Waals surface area contributed by atoms with Gasteiger partial charge in [-0.2, -0.15) is 0 Å². The molecule has 1 aliphatic rings. The molecule has 1 rings (SSSR count). The minimum absolute atomic E-state index is 0.361. The van der Waals surface area contributed by atoms with E-state index >= 15 is 0 Å². The van der Waals surface area contributed by atoms with Gasteiger partial charge in [0.25, 0.3) is 5.91 Å². The summed E-state index contributed by atoms with van der Waals surface area (Å²) in [5, 5.41) is 3.00. The highest BCUT2D eigenvalue weighted by Crippen LogP contribution is 2.14. The first kappa shape index (κ1) is 10.8. The summed E-state index contributed by atoms with van der Waals surface area (Å²) in [5.41, 5.74) is 5.71. The quantitative estimate of drug-likeness (QED) is 0.660. The summed E-state index contributed by atoms with van der Waals surface area (Å²) in [7, 11) is 0. The molecule has 1 unspecified atom stereocenters. The van der Waals surface area contributed by atoms with Gasteiger partial charge in [0, 0.05) is 12.5 Å². The fourth-order valence-corrected chi connectivity index (χ4v) is 1.44. The highest BCUT2D eigenvalue weighted by atomic mass is 16.1. The van der Waals surface area contributed by atoms with Crippen molar-refractivity contribution in [1.29, 1.82) is 0 Å². The van der Waals surface area contributed by atoms with Gasteiger partial charge in [0.2, 0.25) is 0 Å². The molecule has 3 N–H and O–H groups in total. The summed E-state index contributed by atoms with van der Waals surface area (Å²) in [6.45, 7) is 5.11. The first-order chi connectivity index (χ1) is 6.59. The van der Waals surface area contributed by atoms with E-state index in [1.807, 2.05) is 6.08 Å². The molecule has 78 valence electrons. The molecule has 3 nitrogen and oxygen atoms in total. The molecule has 0 fully saturated rings. The lowest BCUT2D eigenvalue weighted by Gasteiger charge is -2.02. The van der Waals surface area contributed by atoms with Gasteiger partial charge in [-0.3, -0.25) is 4.79 Å². The van der Waals surface area contributed by atoms with Crippen LogP contribution in [-0.2, 0) is 4.79 Å². The van der Waals surface area contributed by atoms with E-state index in [1.165, 1.54) is 0 Å². The second kappa shape index (κ2) is 4.84. The van der Waals surface area contributed by atoms with Crippen LogP contribution in [0.4, 0.5) is 0 Å². The summed E-state index contributed by atoms with van der Waals surface area (Å²) in [4.78, 5) is 10.8. The fourth-order valence-electron chi connectivity index (χ4n) is 1.44. The number of hydrogen-bond donors (Lipinski definition) is 2. The highest BCUT2D eigenvalue weighted by Gasteiger charge is 2.16. The van der Waals surface area contributed by atoms with Gasteiger partial charge >= 0.3 is 0 Å². The van der Waals surface area contributed by atoms with Crippen molar-refractivity contribution in [2.45, 2.75) is 20.3 Å². The maximum Gasteiger partial charge on any atom is 0.264 e. The second-order valence-electron chi connectivity index (χ2n) is 3.99. The topological polar surface area (TPSA) is 55.1 Å². The maximum atomic E-state index is 10.8. The lowest BCUT2D eigenvalue weighted by Crippen LogP contribution is -2.23. The van der Waals surface area contributed by atoms with Crippen molar-refractivity contribution in [2.24, 2.45) is 17.6 Å². The largest absolute Gasteiger partial charge is 0.380 e. The van der Waals surface area contributed by atoms with Crippen molar-refractivity contribution >= 4 is 5.91 Å². The summed E-state index contributed by atoms with van der Waals surface area (Å²) in [5.74, 6) is 0.636. The SMILES string of the molecule is CC(C)C=CCC1C=C(C(N)=O)NC1. The van der Waals surface area contributed by atoms with Gasteiger partial charge in [0.05, 0.1) is 5.70 Å². The molecular formula is C11H18N2O. The van der Waals surface area contributed by atoms with E-state index in [0.29, 0.717) is 17.5 Å². The third-order valence-electron chi connectivity index (χ3n) is 2.18. The molecule has 0 aromatic rings. The third kappa shape index (κ3) is 3.24. The molecule has 0 saturated heterocycles. The van der Waals surface area contributed by atoms with E-state index in [0.717, 1.165) is 13.0 Å². The Morgan fingerprint density at radius 3 is 3.00 bits per heavy atom. The lowest BCUT2D eigenvalue weighted by atomic mass is 10.1. The summed E-state index contributed by atoms with van der Waals surface area (Å²) < 4.78 is 0. The molecule has 1 atom stereocenters. The Bertz CT molecular complexity index is 266. The number of carbonyl (C=O) groups is 1. The molecule has 1 aliphatic heterocycles. The number of nitrogens with two attached hydrogens (primary N) is 1. The first-order valence-electron chi connectivity index (χ1n) is 5.01. The average Bonchev–Trinajstić information content (AvgIpc) is 2.52. The first-order valence-corrected chi connectivity index (χ1v) is 5.01. The van der Waals surface area contributed by atoms with E-state index in [9.17, 15) is 4.79 Å². The lowest BCUT2D eigenvalue weighted by molar-refractivity contribution is -0.114. The zero-order valence-electron chi connectivity index (χ0n) is 8.79. The zero-order chi connectivity index (χ0) is 10.6. The molecule has 0 aliphatic carbocycles. The van der Waals surface area contributed by atoms with Crippen LogP contribution < -0.4 is 11.1 Å². The molecule has 0 aromatic carbocycles. The van der Waals surface area contributed by atoms with Crippen LogP contribution in [0.3, 0.4) is 0 Å². The van der Waals surface area contributed by atoms with Crippen molar-refractivity contribution in [3.63, 3.8) is 0 Å². The number of primary amides is 1. The van der Waals surface area contributed by atoms with Crippen LogP contribution in [0.2, 0.25) is 0 Å². The number of allylic oxidation sites excluding steroid dienone is 2. The molecule has 0 spiro atoms. The van der Waals surface area contributed by atoms with Gasteiger partial charge in [-0.15, -0.1) is 0 Å². The van der Waals surface area contributed by atoms with E-state index in [2.05, 4.69) is 31.3 Å². The van der Waals surface area contributed by atoms with E-state index < -0.39 is 0 Å². The molecular weight excluding hydrogens is 176 g/mol. The minimum atomic E-state index is -0.361. The molecule has 14 heavy (non-hydrogen) atoms. The van der Waals surface area contributed by atoms with Gasteiger partial charge in [0.1, 0.15) is 0 Å². The van der Waals surface area contributed by atoms with Gasteiger partial charge in [-0.1, -0.05) is 32.1 Å². The highest BCUT2D eigenvalue weighted by molar-refractivity contribution is 5.91. The third-order valence-corrected chi connectivity index (χ3v) is 2.18. The van der Waals surface area contributed by atoms with Crippen LogP contribution in [-0.4, -0.2) is 12.5 Å². The maximum absolute atomic E-state index is 10.8. The monoisotopic (exact) mass is 194 g/mol. The molecule has 0 radical (unpaired) electrons. The molecule has 0 bridgehead atoms. The number of hydrogen-bond acceptors (Lipinski definition) is 2. The molecule has 3 heteroatoms. The Balaban J connectivity index is 2.39. The summed E-state index contributed by atoms with van der Waals surface area (Å²) in [6, 6.07) is 0. The van der Waals surface area contributed by atoms with E-state index in [-0.39, 0.29) is 5.91 Å². The average molecular weight is 194 g/mol. The summed E-state index contributed by atoms with van der Waals surface area (Å²) >= 11 is 0. The Morgan fingerprint density at radius 2 is 2.50 bits per heavy atom. The zero-order valence-corrected chi connectivity index (χ0v) is 8.79. The van der Waals surface area contributed by atoms with Crippen molar-refractivity contribution in [3.05, 3.63) is 23.9 Å². The molecule has 0 aromatic heterocycles. The van der Waals surface area contributed by atoms with Gasteiger partial charge in [-0.25, -0.2) is 0 Å². The van der Waals surface area contributed by atoms with Crippen LogP contribution >= 0.6 is 0 Å². The predicted molar refractivity (Wildman–Crippen MR) is 57.4 cm³/mol. The van der Waals surface area contributed by atoms with Gasteiger partial charge in [0.15, 0.2) is 0 Å². The van der Waals surface area contributed by atoms with Gasteiger partial charge < -0.3 is 11.1 Å². The molecule has 0 saturated carbocycles. The number of rotatable bonds is 4. The minimum Gasteiger partial charge on any atom is -0.380 e. The Kier molecular flexibility index (Phi) is 3.74. The Morgan fingerprint density at radius 1 is 1.79 bits per heavy atom. The van der Waals surface area contributed by atoms with Crippen molar-refractivity contribution in [2.75, 3.05) is 6.54 Å². The van der Waals surface area contributed by atoms with Crippen LogP contribution in [0.15, 0.2) is 23.9 Å². The van der Waals surface area contributed by atoms with Crippen molar-refractivity contribution in [1.82, 2.24) is 5.32 Å². The van der Waals surface area contributed by atoms with Crippen LogP contribution in [0, 0.1) is 11.8 Å². The number of amides is 1. The molecule has 1 heterocycles. The van der Waals surface area contributed by atoms with Crippen molar-refractivity contribution < 1.29 is 4.79 Å². The molecule has 1 amide bonds. The second-order valence-corrected chi connectivity index (χ2v) is 3.99. The van der Waals surface area contributed by atoms with Crippen LogP contribution in [0.5, 0.6) is 0 Å². The smallest absolute Gasteiger partial charge is 0.264 e. The van der Waals surface area contributed by atoms with E-state index in [1.54, 1.807) is 0 Å². The van der Waals surface area contributed by atoms with Crippen LogP contribution in [0.25, 0.3) is 0 Å². The Labute approximate surface area is 85.1 Å². The Hall–Kier alpha value is -1.25. The summed E-state index contributed by atoms with van der Waals surface area (Å²) in [6.07, 6.45) is 7.24. The number of nitrogens with one attached hydrogen (secondary N) is 1.